The molecule has 1 amide bonds. The van der Waals surface area contributed by atoms with Crippen molar-refractivity contribution in [1.29, 1.82) is 0 Å². The SMILES string of the molecule is Cc1cccc(C(=O)N(C)CC(C)C)c1O. The standard InChI is InChI=1S/C13H19NO2/c1-9(2)8-14(4)13(16)11-7-5-6-10(3)12(11)15/h5-7,9,15H,8H2,1-4H3. The molecule has 1 N–H and O–H groups in total. The minimum atomic E-state index is -0.130. The van der Waals surface area contributed by atoms with Crippen LogP contribution in [0.15, 0.2) is 18.2 Å². The molecule has 0 radical (unpaired) electrons. The maximum atomic E-state index is 12.0. The monoisotopic (exact) mass is 221 g/mol. The first-order valence-corrected chi connectivity index (χ1v) is 5.47. The summed E-state index contributed by atoms with van der Waals surface area (Å²) in [6, 6.07) is 5.22. The number of benzene rings is 1. The molecule has 0 saturated heterocycles. The highest BCUT2D eigenvalue weighted by Crippen LogP contribution is 2.22. The van der Waals surface area contributed by atoms with Gasteiger partial charge in [0, 0.05) is 13.6 Å². The largest absolute Gasteiger partial charge is 0.507 e. The molecule has 0 saturated carbocycles. The van der Waals surface area contributed by atoms with E-state index in [2.05, 4.69) is 13.8 Å². The van der Waals surface area contributed by atoms with E-state index < -0.39 is 0 Å². The molecule has 1 aromatic rings. The number of aromatic hydroxyl groups is 1. The van der Waals surface area contributed by atoms with E-state index in [-0.39, 0.29) is 11.7 Å². The number of carbonyl (C=O) groups excluding carboxylic acids is 1. The number of hydrogen-bond donors (Lipinski definition) is 1. The number of hydrogen-bond acceptors (Lipinski definition) is 2. The lowest BCUT2D eigenvalue weighted by Gasteiger charge is -2.20. The first-order chi connectivity index (χ1) is 7.43. The van der Waals surface area contributed by atoms with E-state index in [0.717, 1.165) is 5.56 Å². The van der Waals surface area contributed by atoms with Crippen LogP contribution >= 0.6 is 0 Å². The van der Waals surface area contributed by atoms with Gasteiger partial charge in [0.2, 0.25) is 0 Å². The van der Waals surface area contributed by atoms with Crippen molar-refractivity contribution < 1.29 is 9.90 Å². The molecule has 3 heteroatoms. The van der Waals surface area contributed by atoms with Crippen LogP contribution in [0.5, 0.6) is 5.75 Å². The van der Waals surface area contributed by atoms with Crippen LogP contribution in [0.1, 0.15) is 29.8 Å². The number of carbonyl (C=O) groups is 1. The van der Waals surface area contributed by atoms with Crippen LogP contribution in [0.4, 0.5) is 0 Å². The Balaban J connectivity index is 2.92. The summed E-state index contributed by atoms with van der Waals surface area (Å²) in [5, 5.41) is 9.80. The number of phenols is 1. The number of phenolic OH excluding ortho intramolecular Hbond substituents is 1. The lowest BCUT2D eigenvalue weighted by molar-refractivity contribution is 0.0776. The van der Waals surface area contributed by atoms with Crippen molar-refractivity contribution in [3.8, 4) is 5.75 Å². The predicted molar refractivity (Wildman–Crippen MR) is 64.6 cm³/mol. The molecular weight excluding hydrogens is 202 g/mol. The molecule has 0 fully saturated rings. The number of nitrogens with zero attached hydrogens (tertiary/aromatic N) is 1. The predicted octanol–water partition coefficient (Wildman–Crippen LogP) is 2.43. The molecule has 0 aliphatic carbocycles. The Morgan fingerprint density at radius 1 is 1.44 bits per heavy atom. The third-order valence-corrected chi connectivity index (χ3v) is 2.45. The molecule has 16 heavy (non-hydrogen) atoms. The summed E-state index contributed by atoms with van der Waals surface area (Å²) in [5.74, 6) is 0.374. The van der Waals surface area contributed by atoms with E-state index in [1.54, 1.807) is 37.1 Å². The normalized spacial score (nSPS) is 10.6. The average molecular weight is 221 g/mol. The lowest BCUT2D eigenvalue weighted by atomic mass is 10.1. The second-order valence-electron chi connectivity index (χ2n) is 4.55. The fourth-order valence-electron chi connectivity index (χ4n) is 1.67. The van der Waals surface area contributed by atoms with Gasteiger partial charge >= 0.3 is 0 Å². The highest BCUT2D eigenvalue weighted by atomic mass is 16.3. The molecule has 0 aliphatic rings. The molecule has 88 valence electrons. The summed E-state index contributed by atoms with van der Waals surface area (Å²) in [5.41, 5.74) is 1.10. The Hall–Kier alpha value is -1.51. The lowest BCUT2D eigenvalue weighted by Crippen LogP contribution is -2.30. The van der Waals surface area contributed by atoms with Crippen LogP contribution < -0.4 is 0 Å². The van der Waals surface area contributed by atoms with E-state index in [0.29, 0.717) is 18.0 Å². The molecule has 0 spiro atoms. The van der Waals surface area contributed by atoms with Gasteiger partial charge in [-0.2, -0.15) is 0 Å². The van der Waals surface area contributed by atoms with Gasteiger partial charge in [0.05, 0.1) is 5.56 Å². The Bertz CT molecular complexity index is 386. The Kier molecular flexibility index (Phi) is 3.93. The number of rotatable bonds is 3. The number of aryl methyl sites for hydroxylation is 1. The molecular formula is C13H19NO2. The van der Waals surface area contributed by atoms with Crippen LogP contribution in [-0.4, -0.2) is 29.5 Å². The van der Waals surface area contributed by atoms with Crippen LogP contribution in [0, 0.1) is 12.8 Å². The fraction of sp³-hybridized carbons (Fsp3) is 0.462. The van der Waals surface area contributed by atoms with E-state index in [9.17, 15) is 9.90 Å². The van der Waals surface area contributed by atoms with Gasteiger partial charge in [-0.25, -0.2) is 0 Å². The van der Waals surface area contributed by atoms with Gasteiger partial charge in [0.15, 0.2) is 0 Å². The molecule has 0 atom stereocenters. The molecule has 1 aromatic carbocycles. The van der Waals surface area contributed by atoms with Crippen molar-refractivity contribution in [3.05, 3.63) is 29.3 Å². The first-order valence-electron chi connectivity index (χ1n) is 5.47. The molecule has 0 bridgehead atoms. The highest BCUT2D eigenvalue weighted by Gasteiger charge is 2.17. The van der Waals surface area contributed by atoms with Gasteiger partial charge in [0.1, 0.15) is 5.75 Å². The quantitative estimate of drug-likeness (QED) is 0.851. The topological polar surface area (TPSA) is 40.5 Å². The van der Waals surface area contributed by atoms with Crippen molar-refractivity contribution in [2.75, 3.05) is 13.6 Å². The van der Waals surface area contributed by atoms with Gasteiger partial charge in [-0.3, -0.25) is 4.79 Å². The van der Waals surface area contributed by atoms with Gasteiger partial charge in [-0.05, 0) is 24.5 Å². The van der Waals surface area contributed by atoms with Crippen LogP contribution in [0.3, 0.4) is 0 Å². The Morgan fingerprint density at radius 2 is 2.06 bits per heavy atom. The zero-order valence-corrected chi connectivity index (χ0v) is 10.3. The van der Waals surface area contributed by atoms with Gasteiger partial charge in [-0.15, -0.1) is 0 Å². The fourth-order valence-corrected chi connectivity index (χ4v) is 1.67. The Morgan fingerprint density at radius 3 is 2.62 bits per heavy atom. The third-order valence-electron chi connectivity index (χ3n) is 2.45. The molecule has 3 nitrogen and oxygen atoms in total. The van der Waals surface area contributed by atoms with Crippen molar-refractivity contribution in [2.45, 2.75) is 20.8 Å². The summed E-state index contributed by atoms with van der Waals surface area (Å²) >= 11 is 0. The van der Waals surface area contributed by atoms with Crippen LogP contribution in [0.25, 0.3) is 0 Å². The van der Waals surface area contributed by atoms with E-state index in [1.807, 2.05) is 0 Å². The molecule has 0 heterocycles. The summed E-state index contributed by atoms with van der Waals surface area (Å²) in [7, 11) is 1.75. The van der Waals surface area contributed by atoms with E-state index in [1.165, 1.54) is 0 Å². The van der Waals surface area contributed by atoms with E-state index in [4.69, 9.17) is 0 Å². The minimum Gasteiger partial charge on any atom is -0.507 e. The maximum Gasteiger partial charge on any atom is 0.257 e. The van der Waals surface area contributed by atoms with Crippen molar-refractivity contribution in [1.82, 2.24) is 4.90 Å². The van der Waals surface area contributed by atoms with Crippen LogP contribution in [-0.2, 0) is 0 Å². The van der Waals surface area contributed by atoms with Crippen LogP contribution in [0.2, 0.25) is 0 Å². The van der Waals surface area contributed by atoms with Crippen molar-refractivity contribution in [3.63, 3.8) is 0 Å². The van der Waals surface area contributed by atoms with Gasteiger partial charge < -0.3 is 10.0 Å². The second kappa shape index (κ2) is 5.01. The zero-order valence-electron chi connectivity index (χ0n) is 10.3. The second-order valence-corrected chi connectivity index (χ2v) is 4.55. The maximum absolute atomic E-state index is 12.0. The molecule has 0 aliphatic heterocycles. The highest BCUT2D eigenvalue weighted by molar-refractivity contribution is 5.97. The number of para-hydroxylation sites is 1. The summed E-state index contributed by atoms with van der Waals surface area (Å²) in [6.45, 7) is 6.58. The molecule has 1 rings (SSSR count). The summed E-state index contributed by atoms with van der Waals surface area (Å²) in [4.78, 5) is 13.7. The molecule has 0 aromatic heterocycles. The Labute approximate surface area is 96.7 Å². The van der Waals surface area contributed by atoms with E-state index >= 15 is 0 Å². The van der Waals surface area contributed by atoms with Crippen molar-refractivity contribution in [2.24, 2.45) is 5.92 Å². The van der Waals surface area contributed by atoms with Gasteiger partial charge in [-0.1, -0.05) is 26.0 Å². The smallest absolute Gasteiger partial charge is 0.257 e. The van der Waals surface area contributed by atoms with Gasteiger partial charge in [0.25, 0.3) is 5.91 Å². The number of amides is 1. The zero-order chi connectivity index (χ0) is 12.3. The average Bonchev–Trinajstić information content (AvgIpc) is 2.20. The minimum absolute atomic E-state index is 0.0862. The summed E-state index contributed by atoms with van der Waals surface area (Å²) in [6.07, 6.45) is 0. The summed E-state index contributed by atoms with van der Waals surface area (Å²) < 4.78 is 0. The first kappa shape index (κ1) is 12.6. The molecule has 0 unspecified atom stereocenters. The van der Waals surface area contributed by atoms with Crippen molar-refractivity contribution >= 4 is 5.91 Å². The third kappa shape index (κ3) is 2.75.